The number of nitrogens with one attached hydrogen (secondary N) is 2. The molecule has 0 spiro atoms. The zero-order chi connectivity index (χ0) is 19.8. The summed E-state index contributed by atoms with van der Waals surface area (Å²) >= 11 is 5.43. The summed E-state index contributed by atoms with van der Waals surface area (Å²) in [6.07, 6.45) is 5.46. The highest BCUT2D eigenvalue weighted by atomic mass is 32.1. The molecular weight excluding hydrogens is 366 g/mol. The van der Waals surface area contributed by atoms with Gasteiger partial charge in [0.1, 0.15) is 0 Å². The Hall–Kier alpha value is -2.40. The third-order valence-electron chi connectivity index (χ3n) is 5.12. The molecule has 1 saturated heterocycles. The number of carbonyl (C=O) groups is 1. The summed E-state index contributed by atoms with van der Waals surface area (Å²) < 4.78 is 0. The molecule has 4 nitrogen and oxygen atoms in total. The van der Waals surface area contributed by atoms with E-state index in [-0.39, 0.29) is 11.9 Å². The highest BCUT2D eigenvalue weighted by molar-refractivity contribution is 7.80. The van der Waals surface area contributed by atoms with Crippen molar-refractivity contribution in [1.82, 2.24) is 10.2 Å². The van der Waals surface area contributed by atoms with Crippen molar-refractivity contribution in [2.24, 2.45) is 0 Å². The quantitative estimate of drug-likeness (QED) is 0.701. The van der Waals surface area contributed by atoms with Crippen molar-refractivity contribution in [3.63, 3.8) is 0 Å². The predicted molar refractivity (Wildman–Crippen MR) is 120 cm³/mol. The highest BCUT2D eigenvalue weighted by Gasteiger charge is 2.17. The summed E-state index contributed by atoms with van der Waals surface area (Å²) in [6, 6.07) is 18.3. The second-order valence-electron chi connectivity index (χ2n) is 7.45. The Kier molecular flexibility index (Phi) is 7.43. The lowest BCUT2D eigenvalue weighted by Gasteiger charge is -2.26. The Balaban J connectivity index is 1.45. The lowest BCUT2D eigenvalue weighted by atomic mass is 10.1. The van der Waals surface area contributed by atoms with Gasteiger partial charge in [0.05, 0.1) is 0 Å². The van der Waals surface area contributed by atoms with E-state index in [1.165, 1.54) is 12.0 Å². The van der Waals surface area contributed by atoms with Gasteiger partial charge in [-0.15, -0.1) is 0 Å². The monoisotopic (exact) mass is 395 g/mol. The van der Waals surface area contributed by atoms with Crippen molar-refractivity contribution in [2.75, 3.05) is 18.4 Å². The second-order valence-corrected chi connectivity index (χ2v) is 7.86. The van der Waals surface area contributed by atoms with Gasteiger partial charge >= 0.3 is 0 Å². The van der Waals surface area contributed by atoms with E-state index in [1.54, 1.807) is 0 Å². The highest BCUT2D eigenvalue weighted by Crippen LogP contribution is 2.15. The number of rotatable bonds is 6. The molecule has 5 heteroatoms. The van der Waals surface area contributed by atoms with Gasteiger partial charge < -0.3 is 15.5 Å². The Labute approximate surface area is 173 Å². The van der Waals surface area contributed by atoms with Gasteiger partial charge in [-0.3, -0.25) is 4.79 Å². The number of benzene rings is 2. The van der Waals surface area contributed by atoms with Gasteiger partial charge in [0.2, 0.25) is 0 Å². The largest absolute Gasteiger partial charge is 0.360 e. The lowest BCUT2D eigenvalue weighted by molar-refractivity contribution is 0.0724. The first-order chi connectivity index (χ1) is 13.6. The van der Waals surface area contributed by atoms with Gasteiger partial charge in [-0.2, -0.15) is 0 Å². The topological polar surface area (TPSA) is 44.4 Å². The molecule has 0 bridgehead atoms. The molecule has 1 atom stereocenters. The molecule has 1 aliphatic heterocycles. The molecule has 1 heterocycles. The number of piperidine rings is 1. The first-order valence-corrected chi connectivity index (χ1v) is 10.5. The van der Waals surface area contributed by atoms with E-state index >= 15 is 0 Å². The molecule has 148 valence electrons. The summed E-state index contributed by atoms with van der Waals surface area (Å²) in [5.74, 6) is 0.126. The SMILES string of the molecule is CC(CCc1ccccc1)NC(=S)Nc1ccc(C(=O)N2CCCCC2)cc1. The third-order valence-corrected chi connectivity index (χ3v) is 5.34. The Morgan fingerprint density at radius 1 is 1.04 bits per heavy atom. The average Bonchev–Trinajstić information content (AvgIpc) is 2.73. The van der Waals surface area contributed by atoms with Gasteiger partial charge in [0.25, 0.3) is 5.91 Å². The van der Waals surface area contributed by atoms with Crippen molar-refractivity contribution in [3.8, 4) is 0 Å². The van der Waals surface area contributed by atoms with Crippen molar-refractivity contribution in [3.05, 3.63) is 65.7 Å². The number of amides is 1. The fourth-order valence-corrected chi connectivity index (χ4v) is 3.79. The molecule has 0 radical (unpaired) electrons. The maximum Gasteiger partial charge on any atom is 0.253 e. The lowest BCUT2D eigenvalue weighted by Crippen LogP contribution is -2.36. The standard InChI is InChI=1S/C23H29N3OS/c1-18(10-11-19-8-4-2-5-9-19)24-23(28)25-21-14-12-20(13-15-21)22(27)26-16-6-3-7-17-26/h2,4-5,8-9,12-15,18H,3,6-7,10-11,16-17H2,1H3,(H2,24,25,28). The predicted octanol–water partition coefficient (Wildman–Crippen LogP) is 4.62. The Morgan fingerprint density at radius 2 is 1.71 bits per heavy atom. The van der Waals surface area contributed by atoms with Crippen LogP contribution in [0.3, 0.4) is 0 Å². The Morgan fingerprint density at radius 3 is 2.39 bits per heavy atom. The minimum Gasteiger partial charge on any atom is -0.360 e. The molecule has 1 aliphatic rings. The molecule has 0 aliphatic carbocycles. The molecule has 1 amide bonds. The van der Waals surface area contributed by atoms with E-state index in [4.69, 9.17) is 12.2 Å². The smallest absolute Gasteiger partial charge is 0.253 e. The van der Waals surface area contributed by atoms with E-state index in [0.717, 1.165) is 50.0 Å². The second kappa shape index (κ2) is 10.2. The first kappa shape index (κ1) is 20.3. The van der Waals surface area contributed by atoms with E-state index < -0.39 is 0 Å². The summed E-state index contributed by atoms with van der Waals surface area (Å²) in [5, 5.41) is 7.15. The van der Waals surface area contributed by atoms with Crippen LogP contribution in [0.15, 0.2) is 54.6 Å². The fourth-order valence-electron chi connectivity index (χ4n) is 3.47. The van der Waals surface area contributed by atoms with Crippen LogP contribution >= 0.6 is 12.2 Å². The zero-order valence-corrected chi connectivity index (χ0v) is 17.3. The molecule has 0 aromatic heterocycles. The average molecular weight is 396 g/mol. The van der Waals surface area contributed by atoms with Gasteiger partial charge in [-0.25, -0.2) is 0 Å². The summed E-state index contributed by atoms with van der Waals surface area (Å²) in [6.45, 7) is 3.87. The molecule has 2 aromatic rings. The molecule has 2 N–H and O–H groups in total. The normalized spacial score (nSPS) is 15.0. The number of aryl methyl sites for hydroxylation is 1. The summed E-state index contributed by atoms with van der Waals surface area (Å²) in [4.78, 5) is 14.5. The molecule has 1 fully saturated rings. The van der Waals surface area contributed by atoms with Crippen LogP contribution in [-0.4, -0.2) is 35.1 Å². The number of carbonyl (C=O) groups excluding carboxylic acids is 1. The van der Waals surface area contributed by atoms with Gasteiger partial charge in [0.15, 0.2) is 5.11 Å². The van der Waals surface area contributed by atoms with Crippen LogP contribution in [0.5, 0.6) is 0 Å². The van der Waals surface area contributed by atoms with E-state index in [0.29, 0.717) is 5.11 Å². The van der Waals surface area contributed by atoms with Crippen molar-refractivity contribution >= 4 is 28.9 Å². The number of hydrogen-bond acceptors (Lipinski definition) is 2. The number of hydrogen-bond donors (Lipinski definition) is 2. The van der Waals surface area contributed by atoms with E-state index in [2.05, 4.69) is 41.8 Å². The molecule has 2 aromatic carbocycles. The van der Waals surface area contributed by atoms with E-state index in [9.17, 15) is 4.79 Å². The van der Waals surface area contributed by atoms with Crippen LogP contribution in [0, 0.1) is 0 Å². The molecule has 1 unspecified atom stereocenters. The van der Waals surface area contributed by atoms with Crippen molar-refractivity contribution in [2.45, 2.75) is 45.1 Å². The van der Waals surface area contributed by atoms with Crippen LogP contribution in [0.1, 0.15) is 48.5 Å². The minimum atomic E-state index is 0.126. The van der Waals surface area contributed by atoms with Gasteiger partial charge in [-0.05, 0) is 81.1 Å². The Bertz CT molecular complexity index is 770. The number of likely N-dealkylation sites (tertiary alicyclic amines) is 1. The number of nitrogens with zero attached hydrogens (tertiary/aromatic N) is 1. The van der Waals surface area contributed by atoms with Crippen LogP contribution in [0.25, 0.3) is 0 Å². The van der Waals surface area contributed by atoms with Crippen LogP contribution in [0.4, 0.5) is 5.69 Å². The first-order valence-electron chi connectivity index (χ1n) is 10.1. The summed E-state index contributed by atoms with van der Waals surface area (Å²) in [7, 11) is 0. The van der Waals surface area contributed by atoms with Crippen molar-refractivity contribution in [1.29, 1.82) is 0 Å². The minimum absolute atomic E-state index is 0.126. The zero-order valence-electron chi connectivity index (χ0n) is 16.5. The molecular formula is C23H29N3OS. The van der Waals surface area contributed by atoms with Crippen LogP contribution in [-0.2, 0) is 6.42 Å². The van der Waals surface area contributed by atoms with E-state index in [1.807, 2.05) is 35.2 Å². The molecule has 3 rings (SSSR count). The number of anilines is 1. The van der Waals surface area contributed by atoms with Crippen molar-refractivity contribution < 1.29 is 4.79 Å². The number of thiocarbonyl (C=S) groups is 1. The van der Waals surface area contributed by atoms with Crippen LogP contribution < -0.4 is 10.6 Å². The third kappa shape index (κ3) is 6.06. The fraction of sp³-hybridized carbons (Fsp3) is 0.391. The summed E-state index contributed by atoms with van der Waals surface area (Å²) in [5.41, 5.74) is 2.97. The van der Waals surface area contributed by atoms with Gasteiger partial charge in [-0.1, -0.05) is 30.3 Å². The molecule has 0 saturated carbocycles. The maximum atomic E-state index is 12.5. The maximum absolute atomic E-state index is 12.5. The van der Waals surface area contributed by atoms with Gasteiger partial charge in [0, 0.05) is 30.4 Å². The van der Waals surface area contributed by atoms with Crippen LogP contribution in [0.2, 0.25) is 0 Å². The molecule has 28 heavy (non-hydrogen) atoms.